The SMILES string of the molecule is COc1ccc2sc(N(Cc3cccnc3)C(=O)c3c(C)nc4ccccn34)nc2c1. The van der Waals surface area contributed by atoms with E-state index in [1.54, 1.807) is 24.4 Å². The third-order valence-corrected chi connectivity index (χ3v) is 6.09. The van der Waals surface area contributed by atoms with Crippen molar-refractivity contribution < 1.29 is 9.53 Å². The van der Waals surface area contributed by atoms with E-state index in [0.29, 0.717) is 23.1 Å². The van der Waals surface area contributed by atoms with Crippen molar-refractivity contribution in [3.8, 4) is 5.75 Å². The number of aromatic nitrogens is 4. The maximum atomic E-state index is 13.8. The first kappa shape index (κ1) is 19.2. The van der Waals surface area contributed by atoms with Crippen molar-refractivity contribution in [1.82, 2.24) is 19.4 Å². The zero-order valence-electron chi connectivity index (χ0n) is 17.0. The number of carbonyl (C=O) groups excluding carboxylic acids is 1. The summed E-state index contributed by atoms with van der Waals surface area (Å²) in [7, 11) is 1.63. The van der Waals surface area contributed by atoms with Crippen molar-refractivity contribution in [2.24, 2.45) is 0 Å². The number of methoxy groups -OCH3 is 1. The molecule has 0 unspecified atom stereocenters. The van der Waals surface area contributed by atoms with Crippen LogP contribution in [0.2, 0.25) is 0 Å². The average Bonchev–Trinajstić information content (AvgIpc) is 3.37. The number of rotatable bonds is 5. The normalized spacial score (nSPS) is 11.2. The van der Waals surface area contributed by atoms with E-state index in [0.717, 1.165) is 27.2 Å². The zero-order valence-corrected chi connectivity index (χ0v) is 17.8. The van der Waals surface area contributed by atoms with Gasteiger partial charge in [0.2, 0.25) is 0 Å². The fourth-order valence-corrected chi connectivity index (χ4v) is 4.48. The molecule has 1 aromatic carbocycles. The lowest BCUT2D eigenvalue weighted by molar-refractivity contribution is 0.0979. The maximum absolute atomic E-state index is 13.8. The Morgan fingerprint density at radius 2 is 2.06 bits per heavy atom. The summed E-state index contributed by atoms with van der Waals surface area (Å²) in [6, 6.07) is 15.2. The molecule has 4 aromatic heterocycles. The van der Waals surface area contributed by atoms with Crippen LogP contribution in [0.15, 0.2) is 67.1 Å². The van der Waals surface area contributed by atoms with Crippen LogP contribution in [0.3, 0.4) is 0 Å². The Balaban J connectivity index is 1.63. The second-order valence-electron chi connectivity index (χ2n) is 7.06. The van der Waals surface area contributed by atoms with Gasteiger partial charge in [-0.3, -0.25) is 19.1 Å². The number of benzene rings is 1. The van der Waals surface area contributed by atoms with Gasteiger partial charge in [0.25, 0.3) is 5.91 Å². The smallest absolute Gasteiger partial charge is 0.279 e. The topological polar surface area (TPSA) is 72.6 Å². The highest BCUT2D eigenvalue weighted by atomic mass is 32.1. The number of fused-ring (bicyclic) bond motifs is 2. The molecule has 0 radical (unpaired) electrons. The van der Waals surface area contributed by atoms with Gasteiger partial charge in [0.15, 0.2) is 5.13 Å². The summed E-state index contributed by atoms with van der Waals surface area (Å²) >= 11 is 1.47. The predicted molar refractivity (Wildman–Crippen MR) is 121 cm³/mol. The molecule has 0 aliphatic heterocycles. The Hall–Kier alpha value is -3.78. The van der Waals surface area contributed by atoms with Gasteiger partial charge in [-0.2, -0.15) is 0 Å². The van der Waals surface area contributed by atoms with E-state index in [1.807, 2.05) is 66.1 Å². The largest absolute Gasteiger partial charge is 0.497 e. The number of nitrogens with zero attached hydrogens (tertiary/aromatic N) is 5. The first-order valence-corrected chi connectivity index (χ1v) is 10.5. The summed E-state index contributed by atoms with van der Waals surface area (Å²) in [5.74, 6) is 0.568. The minimum absolute atomic E-state index is 0.161. The molecule has 0 aliphatic carbocycles. The van der Waals surface area contributed by atoms with Crippen LogP contribution in [0.5, 0.6) is 5.75 Å². The number of ether oxygens (including phenoxy) is 1. The molecule has 5 aromatic rings. The highest BCUT2D eigenvalue weighted by Crippen LogP contribution is 2.33. The molecule has 5 rings (SSSR count). The maximum Gasteiger partial charge on any atom is 0.279 e. The molecule has 0 aliphatic rings. The van der Waals surface area contributed by atoms with Crippen molar-refractivity contribution in [1.29, 1.82) is 0 Å². The summed E-state index contributed by atoms with van der Waals surface area (Å²) in [5, 5.41) is 0.613. The average molecular weight is 430 g/mol. The van der Waals surface area contributed by atoms with Gasteiger partial charge in [-0.15, -0.1) is 0 Å². The van der Waals surface area contributed by atoms with Crippen LogP contribution < -0.4 is 9.64 Å². The number of amides is 1. The van der Waals surface area contributed by atoms with Crippen LogP contribution in [0.4, 0.5) is 5.13 Å². The molecule has 1 amide bonds. The molecule has 0 atom stereocenters. The molecule has 0 fully saturated rings. The Labute approximate surface area is 182 Å². The zero-order chi connectivity index (χ0) is 21.4. The molecule has 4 heterocycles. The standard InChI is InChI=1S/C23H19N5O2S/c1-15-21(27-11-4-3-7-20(27)25-15)22(29)28(14-16-6-5-10-24-13-16)23-26-18-12-17(30-2)8-9-19(18)31-23/h3-13H,14H2,1-2H3. The number of hydrogen-bond acceptors (Lipinski definition) is 6. The second kappa shape index (κ2) is 7.81. The number of hydrogen-bond donors (Lipinski definition) is 0. The van der Waals surface area contributed by atoms with E-state index in [1.165, 1.54) is 11.3 Å². The van der Waals surface area contributed by atoms with Crippen molar-refractivity contribution >= 4 is 38.2 Å². The van der Waals surface area contributed by atoms with Gasteiger partial charge in [-0.1, -0.05) is 23.5 Å². The Kier molecular flexibility index (Phi) is 4.83. The van der Waals surface area contributed by atoms with Gasteiger partial charge >= 0.3 is 0 Å². The van der Waals surface area contributed by atoms with Gasteiger partial charge in [-0.25, -0.2) is 9.97 Å². The van der Waals surface area contributed by atoms with Gasteiger partial charge in [0.1, 0.15) is 17.1 Å². The van der Waals surface area contributed by atoms with Crippen LogP contribution in [0.1, 0.15) is 21.7 Å². The Bertz CT molecular complexity index is 1390. The number of carbonyl (C=O) groups is 1. The van der Waals surface area contributed by atoms with Crippen molar-refractivity contribution in [3.63, 3.8) is 0 Å². The minimum Gasteiger partial charge on any atom is -0.497 e. The highest BCUT2D eigenvalue weighted by Gasteiger charge is 2.26. The number of anilines is 1. The third-order valence-electron chi connectivity index (χ3n) is 5.03. The number of thiazole rings is 1. The number of aryl methyl sites for hydroxylation is 1. The lowest BCUT2D eigenvalue weighted by atomic mass is 10.2. The van der Waals surface area contributed by atoms with E-state index in [-0.39, 0.29) is 5.91 Å². The Morgan fingerprint density at radius 3 is 2.87 bits per heavy atom. The molecule has 0 bridgehead atoms. The summed E-state index contributed by atoms with van der Waals surface area (Å²) < 4.78 is 8.13. The van der Waals surface area contributed by atoms with Gasteiger partial charge in [0.05, 0.1) is 29.6 Å². The summed E-state index contributed by atoms with van der Waals surface area (Å²) in [5.41, 5.74) is 3.64. The molecule has 31 heavy (non-hydrogen) atoms. The second-order valence-corrected chi connectivity index (χ2v) is 8.07. The monoisotopic (exact) mass is 429 g/mol. The molecule has 8 heteroatoms. The van der Waals surface area contributed by atoms with Crippen LogP contribution in [0.25, 0.3) is 15.9 Å². The summed E-state index contributed by atoms with van der Waals surface area (Å²) in [6.07, 6.45) is 5.33. The fraction of sp³-hybridized carbons (Fsp3) is 0.130. The first-order valence-electron chi connectivity index (χ1n) is 9.73. The molecule has 0 N–H and O–H groups in total. The van der Waals surface area contributed by atoms with Crippen LogP contribution in [-0.4, -0.2) is 32.4 Å². The molecule has 0 spiro atoms. The van der Waals surface area contributed by atoms with Crippen LogP contribution >= 0.6 is 11.3 Å². The van der Waals surface area contributed by atoms with Gasteiger partial charge < -0.3 is 4.74 Å². The van der Waals surface area contributed by atoms with Crippen LogP contribution in [0, 0.1) is 6.92 Å². The molecule has 0 saturated heterocycles. The summed E-state index contributed by atoms with van der Waals surface area (Å²) in [4.78, 5) is 29.0. The molecule has 7 nitrogen and oxygen atoms in total. The van der Waals surface area contributed by atoms with Gasteiger partial charge in [0, 0.05) is 24.7 Å². The van der Waals surface area contributed by atoms with E-state index in [4.69, 9.17) is 9.72 Å². The van der Waals surface area contributed by atoms with Gasteiger partial charge in [-0.05, 0) is 42.8 Å². The number of pyridine rings is 2. The molecular formula is C23H19N5O2S. The highest BCUT2D eigenvalue weighted by molar-refractivity contribution is 7.22. The predicted octanol–water partition coefficient (Wildman–Crippen LogP) is 4.50. The van der Waals surface area contributed by atoms with Crippen molar-refractivity contribution in [3.05, 3.63) is 84.1 Å². The van der Waals surface area contributed by atoms with Crippen LogP contribution in [-0.2, 0) is 6.54 Å². The molecule has 154 valence electrons. The molecule has 0 saturated carbocycles. The molecular weight excluding hydrogens is 410 g/mol. The Morgan fingerprint density at radius 1 is 1.16 bits per heavy atom. The van der Waals surface area contributed by atoms with Crippen molar-refractivity contribution in [2.45, 2.75) is 13.5 Å². The van der Waals surface area contributed by atoms with E-state index in [9.17, 15) is 4.79 Å². The van der Waals surface area contributed by atoms with E-state index >= 15 is 0 Å². The third kappa shape index (κ3) is 3.51. The lowest BCUT2D eigenvalue weighted by Gasteiger charge is -2.20. The summed E-state index contributed by atoms with van der Waals surface area (Å²) in [6.45, 7) is 2.20. The number of imidazole rings is 1. The minimum atomic E-state index is -0.161. The van der Waals surface area contributed by atoms with Crippen molar-refractivity contribution in [2.75, 3.05) is 12.0 Å². The quantitative estimate of drug-likeness (QED) is 0.411. The van der Waals surface area contributed by atoms with E-state index < -0.39 is 0 Å². The fourth-order valence-electron chi connectivity index (χ4n) is 3.54. The lowest BCUT2D eigenvalue weighted by Crippen LogP contribution is -2.31. The first-order chi connectivity index (χ1) is 15.1. The van der Waals surface area contributed by atoms with E-state index in [2.05, 4.69) is 9.97 Å².